The van der Waals surface area contributed by atoms with Crippen molar-refractivity contribution in [3.05, 3.63) is 28.8 Å². The quantitative estimate of drug-likeness (QED) is 0.734. The van der Waals surface area contributed by atoms with E-state index >= 15 is 0 Å². The number of benzene rings is 1. The van der Waals surface area contributed by atoms with Gasteiger partial charge in [0, 0.05) is 5.56 Å². The molecule has 0 radical (unpaired) electrons. The smallest absolute Gasteiger partial charge is 0.177 e. The fraction of sp³-hybridized carbons (Fsp3) is 0.500. The molecular weight excluding hydrogens is 214 g/mol. The summed E-state index contributed by atoms with van der Waals surface area (Å²) < 4.78 is 5.51. The van der Waals surface area contributed by atoms with Crippen LogP contribution in [0.4, 0.5) is 0 Å². The molecule has 0 unspecified atom stereocenters. The van der Waals surface area contributed by atoms with Crippen molar-refractivity contribution in [3.63, 3.8) is 0 Å². The minimum Gasteiger partial charge on any atom is -0.494 e. The molecule has 0 aliphatic heterocycles. The summed E-state index contributed by atoms with van der Waals surface area (Å²) in [6.07, 6.45) is 0. The summed E-state index contributed by atoms with van der Waals surface area (Å²) in [5.41, 5.74) is 2.78. The molecule has 1 rings (SSSR count). The van der Waals surface area contributed by atoms with Crippen molar-refractivity contribution >= 4 is 5.78 Å². The Labute approximate surface area is 103 Å². The molecule has 94 valence electrons. The van der Waals surface area contributed by atoms with E-state index < -0.39 is 0 Å². The van der Waals surface area contributed by atoms with Crippen molar-refractivity contribution in [2.24, 2.45) is 0 Å². The molecule has 3 heteroatoms. The number of likely N-dealkylation sites (N-methyl/N-ethyl adjacent to an activating group) is 1. The number of hydrogen-bond donors (Lipinski definition) is 0. The predicted octanol–water partition coefficient (Wildman–Crippen LogP) is 2.45. The number of ether oxygens (including phenoxy) is 1. The Bertz CT molecular complexity index is 411. The van der Waals surface area contributed by atoms with Gasteiger partial charge in [0.25, 0.3) is 0 Å². The fourth-order valence-corrected chi connectivity index (χ4v) is 1.77. The lowest BCUT2D eigenvalue weighted by Gasteiger charge is -2.13. The third-order valence-electron chi connectivity index (χ3n) is 2.58. The molecule has 17 heavy (non-hydrogen) atoms. The normalized spacial score (nSPS) is 10.7. The maximum atomic E-state index is 12.0. The number of rotatable bonds is 5. The molecule has 0 saturated heterocycles. The molecular formula is C14H21NO2. The summed E-state index contributed by atoms with van der Waals surface area (Å²) in [5, 5.41) is 0. The van der Waals surface area contributed by atoms with Crippen LogP contribution in [-0.4, -0.2) is 37.9 Å². The second-order valence-corrected chi connectivity index (χ2v) is 4.53. The lowest BCUT2D eigenvalue weighted by molar-refractivity contribution is 0.0957. The summed E-state index contributed by atoms with van der Waals surface area (Å²) in [7, 11) is 3.79. The van der Waals surface area contributed by atoms with Crippen LogP contribution < -0.4 is 4.74 Å². The third-order valence-corrected chi connectivity index (χ3v) is 2.58. The molecule has 0 bridgehead atoms. The molecule has 0 atom stereocenters. The first-order valence-corrected chi connectivity index (χ1v) is 5.87. The highest BCUT2D eigenvalue weighted by atomic mass is 16.5. The molecule has 0 aliphatic rings. The Kier molecular flexibility index (Phi) is 4.70. The largest absolute Gasteiger partial charge is 0.494 e. The summed E-state index contributed by atoms with van der Waals surface area (Å²) in [4.78, 5) is 13.9. The zero-order chi connectivity index (χ0) is 13.0. The van der Waals surface area contributed by atoms with Crippen LogP contribution in [0.25, 0.3) is 0 Å². The van der Waals surface area contributed by atoms with Gasteiger partial charge < -0.3 is 9.64 Å². The van der Waals surface area contributed by atoms with Crippen LogP contribution in [0.1, 0.15) is 28.4 Å². The number of hydrogen-bond acceptors (Lipinski definition) is 3. The van der Waals surface area contributed by atoms with Gasteiger partial charge in [-0.25, -0.2) is 0 Å². The Morgan fingerprint density at radius 1 is 1.24 bits per heavy atom. The van der Waals surface area contributed by atoms with E-state index in [1.54, 1.807) is 0 Å². The second-order valence-electron chi connectivity index (χ2n) is 4.53. The van der Waals surface area contributed by atoms with E-state index in [4.69, 9.17) is 4.74 Å². The second kappa shape index (κ2) is 5.82. The number of Topliss-reactive ketones (excluding diaryl/α,β-unsaturated/α-hetero) is 1. The van der Waals surface area contributed by atoms with E-state index in [1.807, 2.05) is 51.9 Å². The van der Waals surface area contributed by atoms with Gasteiger partial charge in [-0.2, -0.15) is 0 Å². The number of ketones is 1. The first-order valence-electron chi connectivity index (χ1n) is 5.87. The molecule has 1 aromatic rings. The minimum atomic E-state index is 0.152. The molecule has 1 aromatic carbocycles. The fourth-order valence-electron chi connectivity index (χ4n) is 1.77. The number of aryl methyl sites for hydroxylation is 2. The van der Waals surface area contributed by atoms with Crippen LogP contribution in [0.2, 0.25) is 0 Å². The van der Waals surface area contributed by atoms with Gasteiger partial charge in [0.15, 0.2) is 5.78 Å². The Morgan fingerprint density at radius 2 is 1.88 bits per heavy atom. The van der Waals surface area contributed by atoms with E-state index in [2.05, 4.69) is 0 Å². The summed E-state index contributed by atoms with van der Waals surface area (Å²) in [5.74, 6) is 1.02. The zero-order valence-electron chi connectivity index (χ0n) is 11.3. The third kappa shape index (κ3) is 3.56. The van der Waals surface area contributed by atoms with Crippen molar-refractivity contribution in [3.8, 4) is 5.75 Å². The van der Waals surface area contributed by atoms with Crippen LogP contribution >= 0.6 is 0 Å². The summed E-state index contributed by atoms with van der Waals surface area (Å²) >= 11 is 0. The van der Waals surface area contributed by atoms with Crippen molar-refractivity contribution < 1.29 is 9.53 Å². The van der Waals surface area contributed by atoms with Crippen LogP contribution in [0, 0.1) is 13.8 Å². The Hall–Kier alpha value is -1.35. The molecule has 0 spiro atoms. The van der Waals surface area contributed by atoms with Gasteiger partial charge in [0.05, 0.1) is 13.2 Å². The van der Waals surface area contributed by atoms with Crippen LogP contribution in [0.15, 0.2) is 12.1 Å². The number of carbonyl (C=O) groups is 1. The summed E-state index contributed by atoms with van der Waals surface area (Å²) in [6, 6.07) is 3.87. The van der Waals surface area contributed by atoms with Crippen molar-refractivity contribution in [1.82, 2.24) is 4.90 Å². The van der Waals surface area contributed by atoms with Crippen LogP contribution in [0.3, 0.4) is 0 Å². The number of nitrogens with zero attached hydrogens (tertiary/aromatic N) is 1. The molecule has 0 saturated carbocycles. The maximum absolute atomic E-state index is 12.0. The van der Waals surface area contributed by atoms with Gasteiger partial charge >= 0.3 is 0 Å². The van der Waals surface area contributed by atoms with Crippen LogP contribution in [-0.2, 0) is 0 Å². The summed E-state index contributed by atoms with van der Waals surface area (Å²) in [6.45, 7) is 6.96. The lowest BCUT2D eigenvalue weighted by Crippen LogP contribution is -2.22. The molecule has 0 N–H and O–H groups in total. The van der Waals surface area contributed by atoms with E-state index in [0.717, 1.165) is 22.4 Å². The molecule has 0 amide bonds. The highest BCUT2D eigenvalue weighted by Crippen LogP contribution is 2.23. The molecule has 0 aliphatic carbocycles. The van der Waals surface area contributed by atoms with E-state index in [1.165, 1.54) is 0 Å². The Balaban J connectivity index is 3.02. The van der Waals surface area contributed by atoms with Crippen LogP contribution in [0.5, 0.6) is 5.75 Å². The topological polar surface area (TPSA) is 29.5 Å². The monoisotopic (exact) mass is 235 g/mol. The highest BCUT2D eigenvalue weighted by Gasteiger charge is 2.12. The van der Waals surface area contributed by atoms with Crippen molar-refractivity contribution in [1.29, 1.82) is 0 Å². The van der Waals surface area contributed by atoms with Gasteiger partial charge in [-0.15, -0.1) is 0 Å². The molecule has 0 aromatic heterocycles. The molecule has 3 nitrogen and oxygen atoms in total. The number of carbonyl (C=O) groups excluding carboxylic acids is 1. The molecule has 0 heterocycles. The average Bonchev–Trinajstić information content (AvgIpc) is 2.22. The average molecular weight is 235 g/mol. The van der Waals surface area contributed by atoms with Crippen molar-refractivity contribution in [2.75, 3.05) is 27.2 Å². The van der Waals surface area contributed by atoms with Gasteiger partial charge in [-0.3, -0.25) is 4.79 Å². The van der Waals surface area contributed by atoms with E-state index in [9.17, 15) is 4.79 Å². The lowest BCUT2D eigenvalue weighted by atomic mass is 10.0. The highest BCUT2D eigenvalue weighted by molar-refractivity contribution is 5.99. The maximum Gasteiger partial charge on any atom is 0.177 e. The van der Waals surface area contributed by atoms with Crippen molar-refractivity contribution in [2.45, 2.75) is 20.8 Å². The van der Waals surface area contributed by atoms with Gasteiger partial charge in [0.2, 0.25) is 0 Å². The van der Waals surface area contributed by atoms with E-state index in [0.29, 0.717) is 13.2 Å². The van der Waals surface area contributed by atoms with Gasteiger partial charge in [-0.05, 0) is 58.1 Å². The molecule has 0 fully saturated rings. The first kappa shape index (κ1) is 13.7. The first-order chi connectivity index (χ1) is 7.95. The Morgan fingerprint density at radius 3 is 2.41 bits per heavy atom. The zero-order valence-corrected chi connectivity index (χ0v) is 11.3. The SMILES string of the molecule is CCOc1cc(C)c(C(=O)CN(C)C)cc1C. The standard InChI is InChI=1S/C14H21NO2/c1-6-17-14-8-10(2)12(7-11(14)3)13(16)9-15(4)5/h7-8H,6,9H2,1-5H3. The van der Waals surface area contributed by atoms with Gasteiger partial charge in [-0.1, -0.05) is 0 Å². The van der Waals surface area contributed by atoms with Gasteiger partial charge in [0.1, 0.15) is 5.75 Å². The minimum absolute atomic E-state index is 0.152. The van der Waals surface area contributed by atoms with E-state index in [-0.39, 0.29) is 5.78 Å². The predicted molar refractivity (Wildman–Crippen MR) is 70.0 cm³/mol.